The van der Waals surface area contributed by atoms with Gasteiger partial charge in [-0.3, -0.25) is 0 Å². The van der Waals surface area contributed by atoms with Gasteiger partial charge in [0, 0.05) is 0 Å². The zero-order valence-corrected chi connectivity index (χ0v) is 7.71. The van der Waals surface area contributed by atoms with Gasteiger partial charge >= 0.3 is 12.4 Å². The Balaban J connectivity index is 3.02. The van der Waals surface area contributed by atoms with Gasteiger partial charge in [-0.05, 0) is 18.9 Å². The molecule has 15 heavy (non-hydrogen) atoms. The Labute approximate surface area is 82.3 Å². The number of alkyl halides is 6. The van der Waals surface area contributed by atoms with Crippen LogP contribution in [0.3, 0.4) is 0 Å². The number of halogens is 6. The molecule has 0 saturated carbocycles. The minimum atomic E-state index is -4.72. The van der Waals surface area contributed by atoms with Gasteiger partial charge in [0.1, 0.15) is 0 Å². The fourth-order valence-corrected chi connectivity index (χ4v) is 1.36. The lowest BCUT2D eigenvalue weighted by atomic mass is 9.90. The van der Waals surface area contributed by atoms with Crippen molar-refractivity contribution in [1.29, 1.82) is 0 Å². The molecule has 0 heterocycles. The smallest absolute Gasteiger partial charge is 0.170 e. The van der Waals surface area contributed by atoms with E-state index in [1.54, 1.807) is 0 Å². The quantitative estimate of drug-likeness (QED) is 0.551. The van der Waals surface area contributed by atoms with Crippen LogP contribution in [-0.2, 0) is 0 Å². The Bertz CT molecular complexity index is 304. The summed E-state index contributed by atoms with van der Waals surface area (Å²) in [6.07, 6.45) is -8.52. The zero-order valence-electron chi connectivity index (χ0n) is 7.71. The molecule has 0 radical (unpaired) electrons. The van der Waals surface area contributed by atoms with Crippen molar-refractivity contribution in [3.63, 3.8) is 0 Å². The van der Waals surface area contributed by atoms with E-state index in [4.69, 9.17) is 0 Å². The van der Waals surface area contributed by atoms with E-state index in [2.05, 4.69) is 0 Å². The highest BCUT2D eigenvalue weighted by molar-refractivity contribution is 5.37. The average molecular weight is 230 g/mol. The Morgan fingerprint density at radius 1 is 1.13 bits per heavy atom. The summed E-state index contributed by atoms with van der Waals surface area (Å²) in [5.41, 5.74) is -1.33. The van der Waals surface area contributed by atoms with E-state index in [9.17, 15) is 26.3 Å². The normalized spacial score (nSPS) is 23.5. The van der Waals surface area contributed by atoms with Gasteiger partial charge in [0.15, 0.2) is 0 Å². The molecule has 1 rings (SSSR count). The number of hydrogen-bond donors (Lipinski definition) is 0. The van der Waals surface area contributed by atoms with Crippen LogP contribution in [0.25, 0.3) is 0 Å². The van der Waals surface area contributed by atoms with Gasteiger partial charge in [0.05, 0.1) is 11.5 Å². The van der Waals surface area contributed by atoms with Crippen LogP contribution in [0, 0.1) is 5.92 Å². The molecule has 1 aliphatic carbocycles. The molecule has 0 aliphatic heterocycles. The maximum atomic E-state index is 12.3. The average Bonchev–Trinajstić information content (AvgIpc) is 2.00. The summed E-state index contributed by atoms with van der Waals surface area (Å²) in [4.78, 5) is 0. The molecule has 1 aliphatic rings. The van der Waals surface area contributed by atoms with Crippen molar-refractivity contribution in [3.05, 3.63) is 23.3 Å². The second-order valence-corrected chi connectivity index (χ2v) is 3.35. The lowest BCUT2D eigenvalue weighted by Gasteiger charge is -2.23. The largest absolute Gasteiger partial charge is 0.416 e. The SMILES string of the molecule is CC1=CCC(C(F)(F)F)C=C1C(F)(F)F. The number of hydrogen-bond acceptors (Lipinski definition) is 0. The van der Waals surface area contributed by atoms with Gasteiger partial charge in [-0.25, -0.2) is 0 Å². The summed E-state index contributed by atoms with van der Waals surface area (Å²) in [7, 11) is 0. The van der Waals surface area contributed by atoms with Crippen LogP contribution in [0.2, 0.25) is 0 Å². The van der Waals surface area contributed by atoms with Crippen molar-refractivity contribution in [2.45, 2.75) is 25.7 Å². The van der Waals surface area contributed by atoms with Crippen LogP contribution in [0.5, 0.6) is 0 Å². The van der Waals surface area contributed by atoms with Crippen molar-refractivity contribution >= 4 is 0 Å². The Kier molecular flexibility index (Phi) is 2.89. The monoisotopic (exact) mass is 230 g/mol. The van der Waals surface area contributed by atoms with E-state index in [1.807, 2.05) is 0 Å². The zero-order chi connectivity index (χ0) is 11.9. The highest BCUT2D eigenvalue weighted by atomic mass is 19.4. The van der Waals surface area contributed by atoms with Gasteiger partial charge in [0.25, 0.3) is 0 Å². The summed E-state index contributed by atoms with van der Waals surface area (Å²) >= 11 is 0. The van der Waals surface area contributed by atoms with Crippen LogP contribution in [0.15, 0.2) is 23.3 Å². The molecule has 0 amide bonds. The van der Waals surface area contributed by atoms with E-state index in [0.29, 0.717) is 0 Å². The third-order valence-electron chi connectivity index (χ3n) is 2.20. The molecule has 0 nitrogen and oxygen atoms in total. The van der Waals surface area contributed by atoms with Crippen LogP contribution in [0.1, 0.15) is 13.3 Å². The lowest BCUT2D eigenvalue weighted by Crippen LogP contribution is -2.26. The molecule has 0 aromatic carbocycles. The highest BCUT2D eigenvalue weighted by Gasteiger charge is 2.43. The summed E-state index contributed by atoms with van der Waals surface area (Å²) in [5, 5.41) is 0. The molecule has 86 valence electrons. The molecule has 0 aromatic heterocycles. The minimum Gasteiger partial charge on any atom is -0.170 e. The first-order chi connectivity index (χ1) is 6.62. The second kappa shape index (κ2) is 3.57. The maximum Gasteiger partial charge on any atom is 0.416 e. The molecule has 6 heteroatoms. The van der Waals surface area contributed by atoms with Crippen LogP contribution in [0.4, 0.5) is 26.3 Å². The van der Waals surface area contributed by atoms with Crippen molar-refractivity contribution < 1.29 is 26.3 Å². The van der Waals surface area contributed by atoms with Crippen molar-refractivity contribution in [2.24, 2.45) is 5.92 Å². The highest BCUT2D eigenvalue weighted by Crippen LogP contribution is 2.40. The molecule has 0 fully saturated rings. The first-order valence-electron chi connectivity index (χ1n) is 4.15. The van der Waals surface area contributed by atoms with Crippen LogP contribution >= 0.6 is 0 Å². The molecule has 0 saturated heterocycles. The fourth-order valence-electron chi connectivity index (χ4n) is 1.36. The second-order valence-electron chi connectivity index (χ2n) is 3.35. The molecular weight excluding hydrogens is 222 g/mol. The van der Waals surface area contributed by atoms with E-state index < -0.39 is 30.3 Å². The summed E-state index contributed by atoms with van der Waals surface area (Å²) in [6.45, 7) is 1.16. The van der Waals surface area contributed by atoms with Gasteiger partial charge < -0.3 is 0 Å². The van der Waals surface area contributed by atoms with E-state index in [-0.39, 0.29) is 11.6 Å². The third kappa shape index (κ3) is 2.76. The molecular formula is C9H8F6. The molecule has 0 bridgehead atoms. The van der Waals surface area contributed by atoms with Crippen molar-refractivity contribution in [2.75, 3.05) is 0 Å². The van der Waals surface area contributed by atoms with E-state index in [0.717, 1.165) is 13.0 Å². The van der Waals surface area contributed by atoms with Crippen molar-refractivity contribution in [1.82, 2.24) is 0 Å². The van der Waals surface area contributed by atoms with Gasteiger partial charge in [-0.15, -0.1) is 0 Å². The standard InChI is InChI=1S/C9H8F6/c1-5-2-3-6(8(10,11)12)4-7(5)9(13,14)15/h2,4,6H,3H2,1H3. The molecule has 1 unspecified atom stereocenters. The van der Waals surface area contributed by atoms with Crippen LogP contribution in [-0.4, -0.2) is 12.4 Å². The predicted molar refractivity (Wildman–Crippen MR) is 42.1 cm³/mol. The summed E-state index contributed by atoms with van der Waals surface area (Å²) in [5.74, 6) is -2.03. The predicted octanol–water partition coefficient (Wildman–Crippen LogP) is 4.00. The first kappa shape index (κ1) is 12.1. The Hall–Kier alpha value is -0.940. The van der Waals surface area contributed by atoms with E-state index >= 15 is 0 Å². The van der Waals surface area contributed by atoms with E-state index in [1.165, 1.54) is 0 Å². The molecule has 0 N–H and O–H groups in total. The summed E-state index contributed by atoms with van der Waals surface area (Å²) in [6, 6.07) is 0. The Morgan fingerprint density at radius 2 is 1.67 bits per heavy atom. The third-order valence-corrected chi connectivity index (χ3v) is 2.20. The van der Waals surface area contributed by atoms with Gasteiger partial charge in [0.2, 0.25) is 0 Å². The molecule has 0 spiro atoms. The Morgan fingerprint density at radius 3 is 2.07 bits per heavy atom. The number of rotatable bonds is 0. The maximum absolute atomic E-state index is 12.3. The lowest BCUT2D eigenvalue weighted by molar-refractivity contribution is -0.161. The topological polar surface area (TPSA) is 0 Å². The molecule has 1 atom stereocenters. The minimum absolute atomic E-state index is 0.150. The molecule has 0 aromatic rings. The van der Waals surface area contributed by atoms with Gasteiger partial charge in [-0.2, -0.15) is 26.3 Å². The number of allylic oxidation sites excluding steroid dienone is 4. The van der Waals surface area contributed by atoms with Crippen LogP contribution < -0.4 is 0 Å². The van der Waals surface area contributed by atoms with Gasteiger partial charge in [-0.1, -0.05) is 12.2 Å². The fraction of sp³-hybridized carbons (Fsp3) is 0.556. The first-order valence-corrected chi connectivity index (χ1v) is 4.15. The van der Waals surface area contributed by atoms with Crippen molar-refractivity contribution in [3.8, 4) is 0 Å². The summed E-state index contributed by atoms with van der Waals surface area (Å²) < 4.78 is 73.4.